The lowest BCUT2D eigenvalue weighted by molar-refractivity contribution is 0.139. The first-order valence-corrected chi connectivity index (χ1v) is 7.64. The second-order valence-electron chi connectivity index (χ2n) is 5.74. The first kappa shape index (κ1) is 15.7. The molecule has 1 aliphatic carbocycles. The van der Waals surface area contributed by atoms with Gasteiger partial charge in [-0.15, -0.1) is 0 Å². The highest BCUT2D eigenvalue weighted by molar-refractivity contribution is 5.33. The molecule has 0 N–H and O–H groups in total. The molecule has 0 spiro atoms. The van der Waals surface area contributed by atoms with Crippen LogP contribution in [0.15, 0.2) is 36.4 Å². The number of rotatable bonds is 5. The summed E-state index contributed by atoms with van der Waals surface area (Å²) in [5.74, 6) is 1.11. The molecule has 0 radical (unpaired) electrons. The number of hydrogen-bond acceptors (Lipinski definition) is 1. The fraction of sp³-hybridized carbons (Fsp3) is 0.500. The summed E-state index contributed by atoms with van der Waals surface area (Å²) in [6.45, 7) is 0. The van der Waals surface area contributed by atoms with Gasteiger partial charge in [0, 0.05) is 6.42 Å². The van der Waals surface area contributed by atoms with Crippen molar-refractivity contribution < 1.29 is 8.78 Å². The molecular formula is C18H21F2N. The molecule has 0 heterocycles. The van der Waals surface area contributed by atoms with E-state index in [0.29, 0.717) is 23.8 Å². The molecule has 1 aliphatic rings. The smallest absolute Gasteiger partial charge is 0.211 e. The van der Waals surface area contributed by atoms with Crippen molar-refractivity contribution in [3.8, 4) is 6.07 Å². The molecule has 0 aromatic heterocycles. The number of alkyl halides is 2. The van der Waals surface area contributed by atoms with Crippen LogP contribution in [0, 0.1) is 17.2 Å². The molecule has 1 aromatic rings. The molecule has 0 atom stereocenters. The first-order valence-electron chi connectivity index (χ1n) is 7.64. The fourth-order valence-electron chi connectivity index (χ4n) is 2.99. The van der Waals surface area contributed by atoms with E-state index in [1.807, 2.05) is 18.2 Å². The Morgan fingerprint density at radius 2 is 1.81 bits per heavy atom. The van der Waals surface area contributed by atoms with E-state index in [0.717, 1.165) is 25.7 Å². The molecule has 1 aromatic carbocycles. The largest absolute Gasteiger partial charge is 0.238 e. The molecule has 1 fully saturated rings. The molecule has 0 amide bonds. The van der Waals surface area contributed by atoms with Gasteiger partial charge in [0.15, 0.2) is 0 Å². The molecule has 0 saturated heterocycles. The maximum absolute atomic E-state index is 12.0. The van der Waals surface area contributed by atoms with Gasteiger partial charge in [-0.2, -0.15) is 5.26 Å². The Labute approximate surface area is 125 Å². The highest BCUT2D eigenvalue weighted by Crippen LogP contribution is 2.36. The Bertz CT molecular complexity index is 491. The molecule has 3 heteroatoms. The van der Waals surface area contributed by atoms with Crippen molar-refractivity contribution in [2.45, 2.75) is 50.9 Å². The summed E-state index contributed by atoms with van der Waals surface area (Å²) in [7, 11) is 0. The van der Waals surface area contributed by atoms with Crippen molar-refractivity contribution in [1.82, 2.24) is 0 Å². The first-order chi connectivity index (χ1) is 10.2. The second-order valence-corrected chi connectivity index (χ2v) is 5.74. The predicted octanol–water partition coefficient (Wildman–Crippen LogP) is 5.43. The molecule has 21 heavy (non-hydrogen) atoms. The normalized spacial score (nSPS) is 22.6. The standard InChI is InChI=1S/C18H21F2N/c19-18(20)4-2-1-3-14-5-9-16(10-6-14)17-11-7-15(13-21)8-12-17/h1,3,7-8,11-12,14,16,18H,2,4-6,9-10H2/t14-,16-. The maximum Gasteiger partial charge on any atom is 0.238 e. The zero-order chi connectivity index (χ0) is 15.1. The topological polar surface area (TPSA) is 23.8 Å². The summed E-state index contributed by atoms with van der Waals surface area (Å²) in [6, 6.07) is 10.0. The Morgan fingerprint density at radius 1 is 1.14 bits per heavy atom. The van der Waals surface area contributed by atoms with Gasteiger partial charge in [0.1, 0.15) is 0 Å². The lowest BCUT2D eigenvalue weighted by Crippen LogP contribution is -2.11. The van der Waals surface area contributed by atoms with Crippen molar-refractivity contribution in [3.63, 3.8) is 0 Å². The van der Waals surface area contributed by atoms with Crippen LogP contribution in [-0.4, -0.2) is 6.43 Å². The van der Waals surface area contributed by atoms with Crippen LogP contribution in [0.1, 0.15) is 55.6 Å². The van der Waals surface area contributed by atoms with E-state index in [4.69, 9.17) is 5.26 Å². The van der Waals surface area contributed by atoms with Gasteiger partial charge in [-0.05, 0) is 61.6 Å². The minimum Gasteiger partial charge on any atom is -0.211 e. The van der Waals surface area contributed by atoms with E-state index in [1.165, 1.54) is 5.56 Å². The van der Waals surface area contributed by atoms with Crippen molar-refractivity contribution in [2.75, 3.05) is 0 Å². The number of nitriles is 1. The van der Waals surface area contributed by atoms with Crippen molar-refractivity contribution >= 4 is 0 Å². The van der Waals surface area contributed by atoms with Crippen LogP contribution in [0.25, 0.3) is 0 Å². The zero-order valence-corrected chi connectivity index (χ0v) is 12.1. The third-order valence-corrected chi connectivity index (χ3v) is 4.24. The van der Waals surface area contributed by atoms with Crippen LogP contribution in [0.4, 0.5) is 8.78 Å². The highest BCUT2D eigenvalue weighted by Gasteiger charge is 2.20. The second kappa shape index (κ2) is 7.93. The van der Waals surface area contributed by atoms with Crippen molar-refractivity contribution in [2.24, 2.45) is 5.92 Å². The predicted molar refractivity (Wildman–Crippen MR) is 80.2 cm³/mol. The van der Waals surface area contributed by atoms with E-state index in [2.05, 4.69) is 24.3 Å². The summed E-state index contributed by atoms with van der Waals surface area (Å²) < 4.78 is 24.1. The van der Waals surface area contributed by atoms with E-state index in [-0.39, 0.29) is 6.42 Å². The van der Waals surface area contributed by atoms with Crippen LogP contribution >= 0.6 is 0 Å². The molecular weight excluding hydrogens is 268 g/mol. The van der Waals surface area contributed by atoms with E-state index >= 15 is 0 Å². The zero-order valence-electron chi connectivity index (χ0n) is 12.1. The van der Waals surface area contributed by atoms with E-state index in [1.54, 1.807) is 0 Å². The lowest BCUT2D eigenvalue weighted by Gasteiger charge is -2.27. The minimum atomic E-state index is -2.19. The van der Waals surface area contributed by atoms with Gasteiger partial charge in [-0.25, -0.2) is 8.78 Å². The maximum atomic E-state index is 12.0. The monoisotopic (exact) mass is 289 g/mol. The molecule has 2 rings (SSSR count). The quantitative estimate of drug-likeness (QED) is 0.663. The van der Waals surface area contributed by atoms with Crippen molar-refractivity contribution in [1.29, 1.82) is 5.26 Å². The van der Waals surface area contributed by atoms with Gasteiger partial charge in [0.05, 0.1) is 11.6 Å². The summed E-state index contributed by atoms with van der Waals surface area (Å²) in [5.41, 5.74) is 2.02. The third-order valence-electron chi connectivity index (χ3n) is 4.24. The third kappa shape index (κ3) is 4.97. The molecule has 1 nitrogen and oxygen atoms in total. The van der Waals surface area contributed by atoms with Crippen LogP contribution in [0.5, 0.6) is 0 Å². The number of benzene rings is 1. The number of hydrogen-bond donors (Lipinski definition) is 0. The van der Waals surface area contributed by atoms with Crippen LogP contribution < -0.4 is 0 Å². The van der Waals surface area contributed by atoms with E-state index in [9.17, 15) is 8.78 Å². The van der Waals surface area contributed by atoms with Crippen molar-refractivity contribution in [3.05, 3.63) is 47.5 Å². The molecule has 112 valence electrons. The lowest BCUT2D eigenvalue weighted by atomic mass is 9.78. The van der Waals surface area contributed by atoms with Gasteiger partial charge >= 0.3 is 0 Å². The Balaban J connectivity index is 1.78. The van der Waals surface area contributed by atoms with Gasteiger partial charge < -0.3 is 0 Å². The Kier molecular flexibility index (Phi) is 5.92. The van der Waals surface area contributed by atoms with Crippen LogP contribution in [0.3, 0.4) is 0 Å². The van der Waals surface area contributed by atoms with E-state index < -0.39 is 6.43 Å². The van der Waals surface area contributed by atoms with Gasteiger partial charge in [0.25, 0.3) is 0 Å². The average molecular weight is 289 g/mol. The van der Waals surface area contributed by atoms with Gasteiger partial charge in [-0.1, -0.05) is 24.3 Å². The SMILES string of the molecule is N#Cc1ccc([C@H]2CC[C@H](C=CCCC(F)F)CC2)cc1. The Hall–Kier alpha value is -1.69. The summed E-state index contributed by atoms with van der Waals surface area (Å²) in [6.07, 6.45) is 6.80. The minimum absolute atomic E-state index is 0.0307. The fourth-order valence-corrected chi connectivity index (χ4v) is 2.99. The van der Waals surface area contributed by atoms with Gasteiger partial charge in [0.2, 0.25) is 6.43 Å². The molecule has 0 unspecified atom stereocenters. The molecule has 0 bridgehead atoms. The van der Waals surface area contributed by atoms with Crippen LogP contribution in [0.2, 0.25) is 0 Å². The highest BCUT2D eigenvalue weighted by atomic mass is 19.3. The summed E-state index contributed by atoms with van der Waals surface area (Å²) in [5, 5.41) is 8.81. The molecule has 1 saturated carbocycles. The number of nitrogens with zero attached hydrogens (tertiary/aromatic N) is 1. The Morgan fingerprint density at radius 3 is 2.38 bits per heavy atom. The van der Waals surface area contributed by atoms with Crippen LogP contribution in [-0.2, 0) is 0 Å². The number of allylic oxidation sites excluding steroid dienone is 2. The van der Waals surface area contributed by atoms with Gasteiger partial charge in [-0.3, -0.25) is 0 Å². The summed E-state index contributed by atoms with van der Waals surface area (Å²) >= 11 is 0. The molecule has 0 aliphatic heterocycles. The summed E-state index contributed by atoms with van der Waals surface area (Å²) in [4.78, 5) is 0. The number of halogens is 2. The average Bonchev–Trinajstić information content (AvgIpc) is 2.52.